The zero-order valence-corrected chi connectivity index (χ0v) is 13.9. The Hall–Kier alpha value is -0.220. The van der Waals surface area contributed by atoms with Crippen LogP contribution >= 0.6 is 23.4 Å². The van der Waals surface area contributed by atoms with Crippen molar-refractivity contribution < 1.29 is 0 Å². The summed E-state index contributed by atoms with van der Waals surface area (Å²) in [6, 6.07) is 6.89. The van der Waals surface area contributed by atoms with Crippen LogP contribution in [0, 0.1) is 6.92 Å². The van der Waals surface area contributed by atoms with E-state index >= 15 is 0 Å². The molecule has 1 aromatic carbocycles. The van der Waals surface area contributed by atoms with Gasteiger partial charge in [0.05, 0.1) is 0 Å². The molecule has 0 aliphatic heterocycles. The number of thioether (sulfide) groups is 1. The van der Waals surface area contributed by atoms with Gasteiger partial charge in [0.1, 0.15) is 0 Å². The minimum absolute atomic E-state index is 0.259. The van der Waals surface area contributed by atoms with E-state index in [9.17, 15) is 0 Å². The summed E-state index contributed by atoms with van der Waals surface area (Å²) in [5.41, 5.74) is 8.52. The van der Waals surface area contributed by atoms with E-state index < -0.39 is 0 Å². The Morgan fingerprint density at radius 1 is 1.42 bits per heavy atom. The molecule has 1 rings (SSSR count). The van der Waals surface area contributed by atoms with E-state index in [4.69, 9.17) is 17.3 Å². The third-order valence-corrected chi connectivity index (χ3v) is 4.67. The molecule has 2 atom stereocenters. The summed E-state index contributed by atoms with van der Waals surface area (Å²) in [4.78, 5) is 2.41. The minimum atomic E-state index is 0.259. The van der Waals surface area contributed by atoms with Gasteiger partial charge in [-0.25, -0.2) is 0 Å². The van der Waals surface area contributed by atoms with Crippen molar-refractivity contribution >= 4 is 23.4 Å². The molecule has 0 heterocycles. The maximum Gasteiger partial charge on any atom is 0.0473 e. The molecule has 0 aliphatic rings. The molecule has 4 heteroatoms. The first-order chi connectivity index (χ1) is 9.04. The Kier molecular flexibility index (Phi) is 7.22. The van der Waals surface area contributed by atoms with Crippen LogP contribution in [0.25, 0.3) is 0 Å². The SMILES string of the molecule is CCC(CSC)N(C)C(CN)c1ccc(Cl)cc1C. The Labute approximate surface area is 126 Å². The van der Waals surface area contributed by atoms with Crippen LogP contribution in [0.15, 0.2) is 18.2 Å². The molecule has 2 unspecified atom stereocenters. The van der Waals surface area contributed by atoms with Crippen molar-refractivity contribution in [3.63, 3.8) is 0 Å². The topological polar surface area (TPSA) is 29.3 Å². The molecule has 1 aromatic rings. The number of hydrogen-bond donors (Lipinski definition) is 1. The molecule has 0 amide bonds. The Bertz CT molecular complexity index is 398. The summed E-state index contributed by atoms with van der Waals surface area (Å²) in [6.07, 6.45) is 3.29. The van der Waals surface area contributed by atoms with Crippen molar-refractivity contribution in [1.29, 1.82) is 0 Å². The van der Waals surface area contributed by atoms with Crippen LogP contribution < -0.4 is 5.73 Å². The highest BCUT2D eigenvalue weighted by molar-refractivity contribution is 7.98. The Balaban J connectivity index is 2.98. The van der Waals surface area contributed by atoms with E-state index in [-0.39, 0.29) is 6.04 Å². The molecule has 0 aromatic heterocycles. The second-order valence-corrected chi connectivity index (χ2v) is 6.28. The van der Waals surface area contributed by atoms with Gasteiger partial charge in [-0.3, -0.25) is 4.90 Å². The van der Waals surface area contributed by atoms with Gasteiger partial charge in [-0.2, -0.15) is 11.8 Å². The predicted molar refractivity (Wildman–Crippen MR) is 88.2 cm³/mol. The van der Waals surface area contributed by atoms with Crippen molar-refractivity contribution in [3.05, 3.63) is 34.3 Å². The van der Waals surface area contributed by atoms with Crippen LogP contribution in [-0.4, -0.2) is 36.5 Å². The highest BCUT2D eigenvalue weighted by atomic mass is 35.5. The molecule has 0 saturated carbocycles. The lowest BCUT2D eigenvalue weighted by atomic mass is 9.99. The fraction of sp³-hybridized carbons (Fsp3) is 0.600. The Morgan fingerprint density at radius 2 is 2.11 bits per heavy atom. The molecule has 0 aliphatic carbocycles. The van der Waals surface area contributed by atoms with Gasteiger partial charge in [-0.15, -0.1) is 0 Å². The second kappa shape index (κ2) is 8.15. The third kappa shape index (κ3) is 4.38. The van der Waals surface area contributed by atoms with Gasteiger partial charge >= 0.3 is 0 Å². The first-order valence-corrected chi connectivity index (χ1v) is 8.49. The summed E-state index contributed by atoms with van der Waals surface area (Å²) in [6.45, 7) is 4.97. The van der Waals surface area contributed by atoms with Gasteiger partial charge in [-0.1, -0.05) is 24.6 Å². The zero-order valence-electron chi connectivity index (χ0n) is 12.3. The van der Waals surface area contributed by atoms with Gasteiger partial charge in [-0.05, 0) is 49.9 Å². The fourth-order valence-electron chi connectivity index (χ4n) is 2.50. The molecule has 0 bridgehead atoms. The van der Waals surface area contributed by atoms with Gasteiger partial charge in [0.2, 0.25) is 0 Å². The van der Waals surface area contributed by atoms with Crippen LogP contribution in [0.2, 0.25) is 5.02 Å². The number of likely N-dealkylation sites (N-methyl/N-ethyl adjacent to an activating group) is 1. The van der Waals surface area contributed by atoms with Crippen LogP contribution in [0.3, 0.4) is 0 Å². The number of benzene rings is 1. The molecule has 0 saturated heterocycles. The van der Waals surface area contributed by atoms with Crippen LogP contribution in [0.1, 0.15) is 30.5 Å². The molecular weight excluding hydrogens is 276 g/mol. The van der Waals surface area contributed by atoms with Crippen molar-refractivity contribution in [3.8, 4) is 0 Å². The molecule has 0 spiro atoms. The smallest absolute Gasteiger partial charge is 0.0473 e. The number of hydrogen-bond acceptors (Lipinski definition) is 3. The largest absolute Gasteiger partial charge is 0.329 e. The van der Waals surface area contributed by atoms with Crippen molar-refractivity contribution in [2.75, 3.05) is 25.6 Å². The van der Waals surface area contributed by atoms with Crippen molar-refractivity contribution in [2.24, 2.45) is 5.73 Å². The lowest BCUT2D eigenvalue weighted by molar-refractivity contribution is 0.187. The molecule has 0 fully saturated rings. The number of halogens is 1. The van der Waals surface area contributed by atoms with Gasteiger partial charge < -0.3 is 5.73 Å². The summed E-state index contributed by atoms with van der Waals surface area (Å²) in [5.74, 6) is 1.14. The van der Waals surface area contributed by atoms with E-state index in [1.807, 2.05) is 23.9 Å². The highest BCUT2D eigenvalue weighted by Gasteiger charge is 2.23. The average molecular weight is 301 g/mol. The van der Waals surface area contributed by atoms with Crippen LogP contribution in [0.4, 0.5) is 0 Å². The number of nitrogens with two attached hydrogens (primary N) is 1. The maximum absolute atomic E-state index is 6.04. The van der Waals surface area contributed by atoms with Gasteiger partial charge in [0, 0.05) is 29.4 Å². The fourth-order valence-corrected chi connectivity index (χ4v) is 3.58. The van der Waals surface area contributed by atoms with Crippen molar-refractivity contribution in [2.45, 2.75) is 32.4 Å². The monoisotopic (exact) mass is 300 g/mol. The number of nitrogens with zero attached hydrogens (tertiary/aromatic N) is 1. The average Bonchev–Trinajstić information content (AvgIpc) is 2.39. The summed E-state index contributed by atoms with van der Waals surface area (Å²) in [5, 5.41) is 0.788. The molecule has 108 valence electrons. The first kappa shape index (κ1) is 16.8. The molecule has 19 heavy (non-hydrogen) atoms. The molecule has 2 N–H and O–H groups in total. The Morgan fingerprint density at radius 3 is 2.58 bits per heavy atom. The van der Waals surface area contributed by atoms with Crippen LogP contribution in [-0.2, 0) is 0 Å². The number of aryl methyl sites for hydroxylation is 1. The standard InChI is InChI=1S/C15H25ClN2S/c1-5-13(10-19-4)18(3)15(9-17)14-7-6-12(16)8-11(14)2/h6-8,13,15H,5,9-10,17H2,1-4H3. The maximum atomic E-state index is 6.04. The zero-order chi connectivity index (χ0) is 14.4. The highest BCUT2D eigenvalue weighted by Crippen LogP contribution is 2.27. The summed E-state index contributed by atoms with van der Waals surface area (Å²) >= 11 is 7.92. The first-order valence-electron chi connectivity index (χ1n) is 6.72. The second-order valence-electron chi connectivity index (χ2n) is 4.94. The van der Waals surface area contributed by atoms with E-state index in [0.717, 1.165) is 17.2 Å². The van der Waals surface area contributed by atoms with Gasteiger partial charge in [0.25, 0.3) is 0 Å². The van der Waals surface area contributed by atoms with E-state index in [2.05, 4.69) is 38.1 Å². The predicted octanol–water partition coefficient (Wildman–Crippen LogP) is 3.72. The molecular formula is C15H25ClN2S. The van der Waals surface area contributed by atoms with E-state index in [0.29, 0.717) is 12.6 Å². The molecule has 0 radical (unpaired) electrons. The minimum Gasteiger partial charge on any atom is -0.329 e. The van der Waals surface area contributed by atoms with E-state index in [1.54, 1.807) is 0 Å². The lowest BCUT2D eigenvalue weighted by Crippen LogP contribution is -2.40. The number of rotatable bonds is 7. The summed E-state index contributed by atoms with van der Waals surface area (Å²) in [7, 11) is 2.18. The lowest BCUT2D eigenvalue weighted by Gasteiger charge is -2.35. The van der Waals surface area contributed by atoms with Gasteiger partial charge in [0.15, 0.2) is 0 Å². The quantitative estimate of drug-likeness (QED) is 0.832. The van der Waals surface area contributed by atoms with E-state index in [1.165, 1.54) is 11.1 Å². The van der Waals surface area contributed by atoms with Crippen molar-refractivity contribution in [1.82, 2.24) is 4.90 Å². The summed E-state index contributed by atoms with van der Waals surface area (Å²) < 4.78 is 0. The van der Waals surface area contributed by atoms with Crippen LogP contribution in [0.5, 0.6) is 0 Å². The molecule has 2 nitrogen and oxygen atoms in total. The normalized spacial score (nSPS) is 14.7. The third-order valence-electron chi connectivity index (χ3n) is 3.71.